The molecule has 1 aliphatic rings. The van der Waals surface area contributed by atoms with E-state index in [-0.39, 0.29) is 11.6 Å². The number of halogens is 4. The molecule has 1 aliphatic carbocycles. The molecule has 0 spiro atoms. The first-order valence-electron chi connectivity index (χ1n) is 11.9. The zero-order valence-corrected chi connectivity index (χ0v) is 19.2. The SMILES string of the molecule is C=CCC1CCC(c2ccc3c(F)c(CCc4ccc(OCC(F)(F)F)cc4)ccc3c2)CC1. The first kappa shape index (κ1) is 24.3. The molecule has 0 radical (unpaired) electrons. The van der Waals surface area contributed by atoms with Gasteiger partial charge in [0.1, 0.15) is 11.6 Å². The van der Waals surface area contributed by atoms with Crippen LogP contribution in [0.15, 0.2) is 67.3 Å². The van der Waals surface area contributed by atoms with Gasteiger partial charge in [-0.3, -0.25) is 0 Å². The third kappa shape index (κ3) is 6.19. The van der Waals surface area contributed by atoms with Crippen LogP contribution >= 0.6 is 0 Å². The van der Waals surface area contributed by atoms with Crippen molar-refractivity contribution in [1.29, 1.82) is 0 Å². The molecule has 5 heteroatoms. The minimum atomic E-state index is -4.36. The predicted molar refractivity (Wildman–Crippen MR) is 129 cm³/mol. The summed E-state index contributed by atoms with van der Waals surface area (Å²) in [4.78, 5) is 0. The fourth-order valence-electron chi connectivity index (χ4n) is 4.97. The molecule has 4 rings (SSSR count). The minimum Gasteiger partial charge on any atom is -0.484 e. The van der Waals surface area contributed by atoms with Gasteiger partial charge in [0.05, 0.1) is 0 Å². The highest BCUT2D eigenvalue weighted by Crippen LogP contribution is 2.38. The second kappa shape index (κ2) is 10.6. The van der Waals surface area contributed by atoms with Crippen LogP contribution in [0.2, 0.25) is 0 Å². The average Bonchev–Trinajstić information content (AvgIpc) is 2.83. The van der Waals surface area contributed by atoms with Gasteiger partial charge < -0.3 is 4.74 Å². The van der Waals surface area contributed by atoms with E-state index in [2.05, 4.69) is 18.7 Å². The first-order chi connectivity index (χ1) is 16.3. The van der Waals surface area contributed by atoms with Gasteiger partial charge in [-0.25, -0.2) is 4.39 Å². The van der Waals surface area contributed by atoms with Crippen molar-refractivity contribution >= 4 is 10.8 Å². The highest BCUT2D eigenvalue weighted by Gasteiger charge is 2.28. The molecule has 0 saturated heterocycles. The molecule has 0 amide bonds. The molecule has 0 unspecified atom stereocenters. The molecule has 1 saturated carbocycles. The summed E-state index contributed by atoms with van der Waals surface area (Å²) in [5.41, 5.74) is 2.85. The lowest BCUT2D eigenvalue weighted by Gasteiger charge is -2.28. The Morgan fingerprint density at radius 3 is 2.32 bits per heavy atom. The Kier molecular flexibility index (Phi) is 7.60. The maximum absolute atomic E-state index is 15.2. The first-order valence-corrected chi connectivity index (χ1v) is 11.9. The maximum Gasteiger partial charge on any atom is 0.422 e. The van der Waals surface area contributed by atoms with E-state index in [4.69, 9.17) is 4.74 Å². The van der Waals surface area contributed by atoms with Gasteiger partial charge in [0, 0.05) is 5.39 Å². The van der Waals surface area contributed by atoms with Crippen LogP contribution in [0.4, 0.5) is 17.6 Å². The number of aryl methyl sites for hydroxylation is 2. The molecule has 0 aliphatic heterocycles. The van der Waals surface area contributed by atoms with E-state index in [0.29, 0.717) is 29.7 Å². The van der Waals surface area contributed by atoms with Crippen molar-refractivity contribution in [2.75, 3.05) is 6.61 Å². The number of ether oxygens (including phenoxy) is 1. The fourth-order valence-corrected chi connectivity index (χ4v) is 4.97. The molecule has 0 bridgehead atoms. The predicted octanol–water partition coefficient (Wildman–Crippen LogP) is 8.56. The summed E-state index contributed by atoms with van der Waals surface area (Å²) in [5, 5.41) is 1.57. The van der Waals surface area contributed by atoms with Crippen LogP contribution < -0.4 is 4.74 Å². The van der Waals surface area contributed by atoms with Crippen LogP contribution in [0.1, 0.15) is 54.7 Å². The van der Waals surface area contributed by atoms with E-state index in [9.17, 15) is 13.2 Å². The van der Waals surface area contributed by atoms with Gasteiger partial charge in [-0.15, -0.1) is 6.58 Å². The summed E-state index contributed by atoms with van der Waals surface area (Å²) in [7, 11) is 0. The summed E-state index contributed by atoms with van der Waals surface area (Å²) in [5.74, 6) is 1.26. The van der Waals surface area contributed by atoms with Gasteiger partial charge >= 0.3 is 6.18 Å². The third-order valence-electron chi connectivity index (χ3n) is 6.89. The lowest BCUT2D eigenvalue weighted by molar-refractivity contribution is -0.153. The van der Waals surface area contributed by atoms with Crippen molar-refractivity contribution < 1.29 is 22.3 Å². The molecule has 1 fully saturated rings. The highest BCUT2D eigenvalue weighted by atomic mass is 19.4. The summed E-state index contributed by atoms with van der Waals surface area (Å²) in [6, 6.07) is 16.5. The van der Waals surface area contributed by atoms with Crippen LogP contribution in [-0.2, 0) is 12.8 Å². The second-order valence-electron chi connectivity index (χ2n) is 9.31. The van der Waals surface area contributed by atoms with Crippen LogP contribution in [0.5, 0.6) is 5.75 Å². The van der Waals surface area contributed by atoms with Crippen LogP contribution in [-0.4, -0.2) is 12.8 Å². The quantitative estimate of drug-likeness (QED) is 0.237. The smallest absolute Gasteiger partial charge is 0.422 e. The lowest BCUT2D eigenvalue weighted by Crippen LogP contribution is -2.19. The van der Waals surface area contributed by atoms with Crippen molar-refractivity contribution in [3.8, 4) is 5.75 Å². The van der Waals surface area contributed by atoms with E-state index >= 15 is 4.39 Å². The van der Waals surface area contributed by atoms with Gasteiger partial charge in [0.2, 0.25) is 0 Å². The summed E-state index contributed by atoms with van der Waals surface area (Å²) < 4.78 is 56.8. The van der Waals surface area contributed by atoms with Gasteiger partial charge in [-0.2, -0.15) is 13.2 Å². The Balaban J connectivity index is 1.39. The van der Waals surface area contributed by atoms with Crippen molar-refractivity contribution in [3.05, 3.63) is 89.8 Å². The molecule has 34 heavy (non-hydrogen) atoms. The zero-order valence-electron chi connectivity index (χ0n) is 19.2. The number of allylic oxidation sites excluding steroid dienone is 1. The summed E-state index contributed by atoms with van der Waals surface area (Å²) in [6.45, 7) is 2.54. The molecule has 0 atom stereocenters. The van der Waals surface area contributed by atoms with E-state index in [1.54, 1.807) is 12.1 Å². The molecule has 1 nitrogen and oxygen atoms in total. The Morgan fingerprint density at radius 1 is 0.912 bits per heavy atom. The Morgan fingerprint density at radius 2 is 1.65 bits per heavy atom. The largest absolute Gasteiger partial charge is 0.484 e. The van der Waals surface area contributed by atoms with E-state index in [1.165, 1.54) is 43.4 Å². The molecular formula is C29H30F4O. The van der Waals surface area contributed by atoms with Gasteiger partial charge in [-0.1, -0.05) is 48.5 Å². The normalized spacial score (nSPS) is 18.7. The van der Waals surface area contributed by atoms with Crippen LogP contribution in [0.25, 0.3) is 10.8 Å². The molecule has 180 valence electrons. The molecule has 0 heterocycles. The monoisotopic (exact) mass is 470 g/mol. The van der Waals surface area contributed by atoms with Gasteiger partial charge in [0.15, 0.2) is 6.61 Å². The number of benzene rings is 3. The molecular weight excluding hydrogens is 440 g/mol. The third-order valence-corrected chi connectivity index (χ3v) is 6.89. The van der Waals surface area contributed by atoms with Gasteiger partial charge in [0.25, 0.3) is 0 Å². The van der Waals surface area contributed by atoms with Gasteiger partial charge in [-0.05, 0) is 91.0 Å². The van der Waals surface area contributed by atoms with Crippen molar-refractivity contribution in [2.24, 2.45) is 5.92 Å². The Hall–Kier alpha value is -2.82. The highest BCUT2D eigenvalue weighted by molar-refractivity contribution is 5.84. The number of rotatable bonds is 8. The molecule has 0 N–H and O–H groups in total. The number of alkyl halides is 3. The molecule has 0 aromatic heterocycles. The summed E-state index contributed by atoms with van der Waals surface area (Å²) >= 11 is 0. The standard InChI is InChI=1S/C29H30F4O/c1-2-3-20-4-9-22(10-5-20)24-14-17-27-25(18-24)13-12-23(28(27)30)11-6-21-7-15-26(16-8-21)34-19-29(31,32)33/h2,7-8,12-18,20,22H,1,3-6,9-11,19H2. The minimum absolute atomic E-state index is 0.169. The van der Waals surface area contributed by atoms with Crippen LogP contribution in [0, 0.1) is 11.7 Å². The van der Waals surface area contributed by atoms with E-state index < -0.39 is 12.8 Å². The van der Waals surface area contributed by atoms with E-state index in [1.807, 2.05) is 24.3 Å². The maximum atomic E-state index is 15.2. The van der Waals surface area contributed by atoms with Crippen molar-refractivity contribution in [2.45, 2.75) is 57.0 Å². The van der Waals surface area contributed by atoms with Crippen LogP contribution in [0.3, 0.4) is 0 Å². The molecule has 3 aromatic rings. The van der Waals surface area contributed by atoms with Crippen molar-refractivity contribution in [1.82, 2.24) is 0 Å². The number of hydrogen-bond acceptors (Lipinski definition) is 1. The van der Waals surface area contributed by atoms with E-state index in [0.717, 1.165) is 23.3 Å². The lowest BCUT2D eigenvalue weighted by atomic mass is 9.77. The Labute approximate surface area is 198 Å². The topological polar surface area (TPSA) is 9.23 Å². The number of hydrogen-bond donors (Lipinski definition) is 0. The Bertz CT molecular complexity index is 1110. The summed E-state index contributed by atoms with van der Waals surface area (Å²) in [6.07, 6.45) is 4.63. The fraction of sp³-hybridized carbons (Fsp3) is 0.379. The second-order valence-corrected chi connectivity index (χ2v) is 9.31. The van der Waals surface area contributed by atoms with Crippen molar-refractivity contribution in [3.63, 3.8) is 0 Å². The average molecular weight is 471 g/mol. The molecule has 3 aromatic carbocycles. The number of fused-ring (bicyclic) bond motifs is 1. The zero-order chi connectivity index (χ0) is 24.1.